The molecule has 2 aliphatic heterocycles. The molecule has 1 aromatic heterocycles. The first-order chi connectivity index (χ1) is 12.1. The summed E-state index contributed by atoms with van der Waals surface area (Å²) in [4.78, 5) is 26.5. The Hall–Kier alpha value is -2.28. The van der Waals surface area contributed by atoms with Crippen molar-refractivity contribution in [2.45, 2.75) is 32.4 Å². The Kier molecular flexibility index (Phi) is 4.25. The van der Waals surface area contributed by atoms with Gasteiger partial charge in [-0.05, 0) is 37.5 Å². The van der Waals surface area contributed by atoms with E-state index in [1.807, 2.05) is 30.0 Å². The summed E-state index contributed by atoms with van der Waals surface area (Å²) in [6, 6.07) is 5.93. The van der Waals surface area contributed by atoms with E-state index in [0.29, 0.717) is 13.2 Å². The van der Waals surface area contributed by atoms with Crippen LogP contribution in [0.3, 0.4) is 0 Å². The average Bonchev–Trinajstić information content (AvgIpc) is 3.23. The van der Waals surface area contributed by atoms with Crippen molar-refractivity contribution in [3.8, 4) is 11.5 Å². The van der Waals surface area contributed by atoms with E-state index in [1.54, 1.807) is 9.95 Å². The number of fused-ring (bicyclic) bond motifs is 1. The lowest BCUT2D eigenvalue weighted by molar-refractivity contribution is -0.132. The van der Waals surface area contributed by atoms with E-state index in [0.717, 1.165) is 53.5 Å². The minimum Gasteiger partial charge on any atom is -0.486 e. The summed E-state index contributed by atoms with van der Waals surface area (Å²) in [6.45, 7) is 3.79. The van der Waals surface area contributed by atoms with Gasteiger partial charge in [-0.2, -0.15) is 0 Å². The van der Waals surface area contributed by atoms with Crippen molar-refractivity contribution in [2.24, 2.45) is 0 Å². The van der Waals surface area contributed by atoms with Gasteiger partial charge in [0.25, 0.3) is 0 Å². The van der Waals surface area contributed by atoms with Gasteiger partial charge in [0, 0.05) is 17.6 Å². The zero-order valence-corrected chi connectivity index (χ0v) is 14.9. The van der Waals surface area contributed by atoms with Crippen molar-refractivity contribution < 1.29 is 14.3 Å². The minimum absolute atomic E-state index is 0.0130. The standard InChI is InChI=1S/C18H20N2O4S/c1-12-11-25-18(22)20(12)10-17(21)19-6-2-3-14(19)13-4-5-15-16(9-13)24-8-7-23-15/h4-5,9,11,14H,2-3,6-8,10H2,1H3/t14-/m1/s1. The van der Waals surface area contributed by atoms with Gasteiger partial charge >= 0.3 is 4.87 Å². The maximum Gasteiger partial charge on any atom is 0.307 e. The van der Waals surface area contributed by atoms with Gasteiger partial charge in [0.2, 0.25) is 5.91 Å². The zero-order valence-electron chi connectivity index (χ0n) is 14.1. The van der Waals surface area contributed by atoms with E-state index in [-0.39, 0.29) is 23.4 Å². The monoisotopic (exact) mass is 360 g/mol. The number of rotatable bonds is 3. The number of benzene rings is 1. The molecule has 6 nitrogen and oxygen atoms in total. The van der Waals surface area contributed by atoms with Crippen LogP contribution in [0, 0.1) is 6.92 Å². The maximum absolute atomic E-state index is 12.8. The maximum atomic E-state index is 12.8. The first-order valence-corrected chi connectivity index (χ1v) is 9.35. The molecule has 0 unspecified atom stereocenters. The summed E-state index contributed by atoms with van der Waals surface area (Å²) < 4.78 is 12.8. The van der Waals surface area contributed by atoms with Crippen LogP contribution in [0.4, 0.5) is 0 Å². The average molecular weight is 360 g/mol. The lowest BCUT2D eigenvalue weighted by atomic mass is 10.0. The Labute approximate surface area is 149 Å². The van der Waals surface area contributed by atoms with Crippen molar-refractivity contribution in [3.63, 3.8) is 0 Å². The molecule has 4 rings (SSSR count). The molecule has 1 amide bonds. The number of aromatic nitrogens is 1. The van der Waals surface area contributed by atoms with E-state index < -0.39 is 0 Å². The highest BCUT2D eigenvalue weighted by Crippen LogP contribution is 2.38. The number of carbonyl (C=O) groups is 1. The third kappa shape index (κ3) is 3.04. The number of hydrogen-bond donors (Lipinski definition) is 0. The van der Waals surface area contributed by atoms with Crippen LogP contribution in [-0.4, -0.2) is 35.1 Å². The second kappa shape index (κ2) is 6.55. The molecule has 2 aliphatic rings. The van der Waals surface area contributed by atoms with E-state index >= 15 is 0 Å². The van der Waals surface area contributed by atoms with Crippen molar-refractivity contribution in [1.29, 1.82) is 0 Å². The van der Waals surface area contributed by atoms with E-state index in [1.165, 1.54) is 0 Å². The quantitative estimate of drug-likeness (QED) is 0.843. The van der Waals surface area contributed by atoms with Gasteiger partial charge < -0.3 is 14.4 Å². The topological polar surface area (TPSA) is 60.8 Å². The van der Waals surface area contributed by atoms with Gasteiger partial charge in [0.1, 0.15) is 19.8 Å². The number of amides is 1. The normalized spacial score (nSPS) is 19.2. The molecule has 3 heterocycles. The number of aryl methyl sites for hydroxylation is 1. The SMILES string of the molecule is Cc1csc(=O)n1CC(=O)N1CCC[C@@H]1c1ccc2c(c1)OCCO2. The first kappa shape index (κ1) is 16.2. The van der Waals surface area contributed by atoms with E-state index in [9.17, 15) is 9.59 Å². The third-order valence-corrected chi connectivity index (χ3v) is 5.67. The van der Waals surface area contributed by atoms with E-state index in [4.69, 9.17) is 9.47 Å². The van der Waals surface area contributed by atoms with Crippen LogP contribution in [-0.2, 0) is 11.3 Å². The number of ether oxygens (including phenoxy) is 2. The summed E-state index contributed by atoms with van der Waals surface area (Å²) in [5.74, 6) is 1.49. The molecule has 1 fully saturated rings. The fourth-order valence-electron chi connectivity index (χ4n) is 3.50. The third-order valence-electron chi connectivity index (χ3n) is 4.79. The van der Waals surface area contributed by atoms with Crippen LogP contribution in [0.25, 0.3) is 0 Å². The molecule has 0 saturated carbocycles. The fourth-order valence-corrected chi connectivity index (χ4v) is 4.24. The number of hydrogen-bond acceptors (Lipinski definition) is 5. The van der Waals surface area contributed by atoms with Gasteiger partial charge in [-0.1, -0.05) is 17.4 Å². The predicted octanol–water partition coefficient (Wildman–Crippen LogP) is 2.35. The number of thiazole rings is 1. The highest BCUT2D eigenvalue weighted by atomic mass is 32.1. The summed E-state index contributed by atoms with van der Waals surface area (Å²) in [7, 11) is 0. The Morgan fingerprint density at radius 2 is 2.08 bits per heavy atom. The van der Waals surface area contributed by atoms with Crippen LogP contribution < -0.4 is 14.3 Å². The molecule has 25 heavy (non-hydrogen) atoms. The number of carbonyl (C=O) groups excluding carboxylic acids is 1. The summed E-state index contributed by atoms with van der Waals surface area (Å²) in [5, 5.41) is 1.79. The summed E-state index contributed by atoms with van der Waals surface area (Å²) in [6.07, 6.45) is 1.88. The molecular formula is C18H20N2O4S. The smallest absolute Gasteiger partial charge is 0.307 e. The number of likely N-dealkylation sites (tertiary alicyclic amines) is 1. The lowest BCUT2D eigenvalue weighted by Crippen LogP contribution is -2.35. The molecule has 1 saturated heterocycles. The predicted molar refractivity (Wildman–Crippen MR) is 94.4 cm³/mol. The molecule has 0 spiro atoms. The summed E-state index contributed by atoms with van der Waals surface area (Å²) >= 11 is 1.13. The molecule has 132 valence electrons. The van der Waals surface area contributed by atoms with Crippen LogP contribution in [0.2, 0.25) is 0 Å². The van der Waals surface area contributed by atoms with Crippen molar-refractivity contribution in [3.05, 3.63) is 44.5 Å². The Morgan fingerprint density at radius 1 is 1.28 bits per heavy atom. The Bertz CT molecular complexity index is 857. The van der Waals surface area contributed by atoms with Crippen LogP contribution in [0.15, 0.2) is 28.4 Å². The molecule has 0 N–H and O–H groups in total. The van der Waals surface area contributed by atoms with Crippen molar-refractivity contribution >= 4 is 17.2 Å². The van der Waals surface area contributed by atoms with E-state index in [2.05, 4.69) is 0 Å². The first-order valence-electron chi connectivity index (χ1n) is 8.47. The second-order valence-corrected chi connectivity index (χ2v) is 7.20. The van der Waals surface area contributed by atoms with Gasteiger partial charge in [-0.25, -0.2) is 0 Å². The minimum atomic E-state index is -0.0825. The largest absolute Gasteiger partial charge is 0.486 e. The van der Waals surface area contributed by atoms with Gasteiger partial charge in [0.05, 0.1) is 6.04 Å². The van der Waals surface area contributed by atoms with Crippen molar-refractivity contribution in [1.82, 2.24) is 9.47 Å². The van der Waals surface area contributed by atoms with Crippen LogP contribution in [0.1, 0.15) is 30.1 Å². The Balaban J connectivity index is 1.56. The molecule has 0 radical (unpaired) electrons. The van der Waals surface area contributed by atoms with Crippen molar-refractivity contribution in [2.75, 3.05) is 19.8 Å². The molecule has 2 aromatic rings. The highest BCUT2D eigenvalue weighted by Gasteiger charge is 2.31. The van der Waals surface area contributed by atoms with Gasteiger partial charge in [-0.3, -0.25) is 14.2 Å². The molecule has 7 heteroatoms. The van der Waals surface area contributed by atoms with Crippen LogP contribution >= 0.6 is 11.3 Å². The molecule has 0 aliphatic carbocycles. The second-order valence-electron chi connectivity index (χ2n) is 6.38. The molecule has 1 aromatic carbocycles. The van der Waals surface area contributed by atoms with Gasteiger partial charge in [0.15, 0.2) is 11.5 Å². The Morgan fingerprint density at radius 3 is 2.84 bits per heavy atom. The summed E-state index contributed by atoms with van der Waals surface area (Å²) in [5.41, 5.74) is 1.89. The van der Waals surface area contributed by atoms with Gasteiger partial charge in [-0.15, -0.1) is 0 Å². The molecule has 1 atom stereocenters. The van der Waals surface area contributed by atoms with Crippen LogP contribution in [0.5, 0.6) is 11.5 Å². The molecule has 0 bridgehead atoms. The molecular weight excluding hydrogens is 340 g/mol. The lowest BCUT2D eigenvalue weighted by Gasteiger charge is -2.27. The zero-order chi connectivity index (χ0) is 17.4. The fraction of sp³-hybridized carbons (Fsp3) is 0.444. The highest BCUT2D eigenvalue weighted by molar-refractivity contribution is 7.07. The number of nitrogens with zero attached hydrogens (tertiary/aromatic N) is 2.